The minimum absolute atomic E-state index is 0.757. The van der Waals surface area contributed by atoms with Gasteiger partial charge in [-0.1, -0.05) is 5.57 Å². The van der Waals surface area contributed by atoms with Gasteiger partial charge in [-0.05, 0) is 32.1 Å². The van der Waals surface area contributed by atoms with Gasteiger partial charge in [0.1, 0.15) is 0 Å². The third-order valence-corrected chi connectivity index (χ3v) is 1.24. The Balaban J connectivity index is 2.97. The summed E-state index contributed by atoms with van der Waals surface area (Å²) in [4.78, 5) is 4.12. The Kier molecular flexibility index (Phi) is 2.26. The van der Waals surface area contributed by atoms with Gasteiger partial charge < -0.3 is 5.73 Å². The van der Waals surface area contributed by atoms with Gasteiger partial charge in [-0.15, -0.1) is 0 Å². The van der Waals surface area contributed by atoms with E-state index in [1.54, 1.807) is 12.3 Å². The molecular formula is C9H12N2. The monoisotopic (exact) mass is 148 g/mol. The van der Waals surface area contributed by atoms with Crippen molar-refractivity contribution >= 4 is 11.8 Å². The molecule has 2 N–H and O–H groups in total. The lowest BCUT2D eigenvalue weighted by Crippen LogP contribution is -1.87. The van der Waals surface area contributed by atoms with Gasteiger partial charge in [-0.3, -0.25) is 4.98 Å². The van der Waals surface area contributed by atoms with E-state index in [2.05, 4.69) is 4.98 Å². The van der Waals surface area contributed by atoms with Crippen LogP contribution in [0.4, 0.5) is 5.69 Å². The Labute approximate surface area is 66.8 Å². The van der Waals surface area contributed by atoms with Gasteiger partial charge in [-0.25, -0.2) is 0 Å². The van der Waals surface area contributed by atoms with Crippen molar-refractivity contribution in [2.24, 2.45) is 0 Å². The van der Waals surface area contributed by atoms with E-state index in [9.17, 15) is 0 Å². The standard InChI is InChI=1S/C9H12N2/c1-7(2)5-9-6-8(10)3-4-11-9/h3-6H,1-2H3,(H2,10,11). The topological polar surface area (TPSA) is 38.9 Å². The van der Waals surface area contributed by atoms with Crippen molar-refractivity contribution in [3.63, 3.8) is 0 Å². The van der Waals surface area contributed by atoms with Gasteiger partial charge in [0.2, 0.25) is 0 Å². The van der Waals surface area contributed by atoms with E-state index in [-0.39, 0.29) is 0 Å². The first-order valence-corrected chi connectivity index (χ1v) is 3.55. The Morgan fingerprint density at radius 1 is 1.55 bits per heavy atom. The van der Waals surface area contributed by atoms with Crippen LogP contribution in [0.3, 0.4) is 0 Å². The summed E-state index contributed by atoms with van der Waals surface area (Å²) in [5.74, 6) is 0. The second-order valence-corrected chi connectivity index (χ2v) is 2.74. The predicted octanol–water partition coefficient (Wildman–Crippen LogP) is 2.09. The lowest BCUT2D eigenvalue weighted by atomic mass is 10.2. The zero-order valence-electron chi connectivity index (χ0n) is 6.83. The van der Waals surface area contributed by atoms with Crippen LogP contribution < -0.4 is 5.73 Å². The fraction of sp³-hybridized carbons (Fsp3) is 0.222. The van der Waals surface area contributed by atoms with Crippen molar-refractivity contribution in [1.29, 1.82) is 0 Å². The summed E-state index contributed by atoms with van der Waals surface area (Å²) < 4.78 is 0. The third-order valence-electron chi connectivity index (χ3n) is 1.24. The number of nitrogen functional groups attached to an aromatic ring is 1. The first kappa shape index (κ1) is 7.79. The number of allylic oxidation sites excluding steroid dienone is 1. The molecule has 11 heavy (non-hydrogen) atoms. The highest BCUT2D eigenvalue weighted by molar-refractivity contribution is 5.52. The van der Waals surface area contributed by atoms with E-state index < -0.39 is 0 Å². The number of nitrogens with zero attached hydrogens (tertiary/aromatic N) is 1. The molecule has 1 heterocycles. The van der Waals surface area contributed by atoms with Crippen LogP contribution in [0, 0.1) is 0 Å². The first-order valence-electron chi connectivity index (χ1n) is 3.55. The normalized spacial score (nSPS) is 9.27. The fourth-order valence-electron chi connectivity index (χ4n) is 0.840. The average Bonchev–Trinajstić information content (AvgIpc) is 1.85. The van der Waals surface area contributed by atoms with Crippen LogP contribution >= 0.6 is 0 Å². The van der Waals surface area contributed by atoms with Crippen molar-refractivity contribution in [2.75, 3.05) is 5.73 Å². The molecule has 0 fully saturated rings. The van der Waals surface area contributed by atoms with Crippen LogP contribution in [-0.2, 0) is 0 Å². The van der Waals surface area contributed by atoms with Crippen LogP contribution in [0.1, 0.15) is 19.5 Å². The number of nitrogens with two attached hydrogens (primary N) is 1. The lowest BCUT2D eigenvalue weighted by Gasteiger charge is -1.95. The molecular weight excluding hydrogens is 136 g/mol. The minimum Gasteiger partial charge on any atom is -0.399 e. The van der Waals surface area contributed by atoms with E-state index in [0.717, 1.165) is 11.4 Å². The lowest BCUT2D eigenvalue weighted by molar-refractivity contribution is 1.28. The molecule has 58 valence electrons. The minimum atomic E-state index is 0.757. The van der Waals surface area contributed by atoms with Crippen LogP contribution in [0.15, 0.2) is 23.9 Å². The largest absolute Gasteiger partial charge is 0.399 e. The number of aromatic nitrogens is 1. The molecule has 0 aliphatic heterocycles. The fourth-order valence-corrected chi connectivity index (χ4v) is 0.840. The summed E-state index contributed by atoms with van der Waals surface area (Å²) in [5, 5.41) is 0. The van der Waals surface area contributed by atoms with Gasteiger partial charge in [0, 0.05) is 11.9 Å². The molecule has 0 radical (unpaired) electrons. The molecule has 0 saturated carbocycles. The molecule has 0 atom stereocenters. The van der Waals surface area contributed by atoms with Crippen molar-refractivity contribution in [1.82, 2.24) is 4.98 Å². The van der Waals surface area contributed by atoms with Crippen LogP contribution in [-0.4, -0.2) is 4.98 Å². The molecule has 2 heteroatoms. The van der Waals surface area contributed by atoms with Crippen molar-refractivity contribution in [3.8, 4) is 0 Å². The predicted molar refractivity (Wildman–Crippen MR) is 48.0 cm³/mol. The quantitative estimate of drug-likeness (QED) is 0.662. The zero-order valence-corrected chi connectivity index (χ0v) is 6.83. The number of anilines is 1. The highest BCUT2D eigenvalue weighted by Gasteiger charge is 1.88. The highest BCUT2D eigenvalue weighted by Crippen LogP contribution is 2.06. The van der Waals surface area contributed by atoms with Crippen LogP contribution in [0.2, 0.25) is 0 Å². The molecule has 0 amide bonds. The number of pyridine rings is 1. The van der Waals surface area contributed by atoms with Crippen LogP contribution in [0.25, 0.3) is 6.08 Å². The third kappa shape index (κ3) is 2.42. The SMILES string of the molecule is CC(C)=Cc1cc(N)ccn1. The Hall–Kier alpha value is -1.31. The van der Waals surface area contributed by atoms with E-state index in [1.807, 2.05) is 26.0 Å². The molecule has 0 saturated heterocycles. The Morgan fingerprint density at radius 2 is 2.27 bits per heavy atom. The number of hydrogen-bond donors (Lipinski definition) is 1. The second-order valence-electron chi connectivity index (χ2n) is 2.74. The smallest absolute Gasteiger partial charge is 0.0649 e. The Bertz CT molecular complexity index is 273. The van der Waals surface area contributed by atoms with Crippen molar-refractivity contribution in [2.45, 2.75) is 13.8 Å². The molecule has 1 rings (SSSR count). The number of hydrogen-bond acceptors (Lipinski definition) is 2. The molecule has 0 spiro atoms. The van der Waals surface area contributed by atoms with Gasteiger partial charge >= 0.3 is 0 Å². The van der Waals surface area contributed by atoms with E-state index >= 15 is 0 Å². The molecule has 2 nitrogen and oxygen atoms in total. The van der Waals surface area contributed by atoms with Gasteiger partial charge in [0.25, 0.3) is 0 Å². The summed E-state index contributed by atoms with van der Waals surface area (Å²) in [6.45, 7) is 4.07. The van der Waals surface area contributed by atoms with E-state index in [1.165, 1.54) is 5.57 Å². The molecule has 0 aliphatic carbocycles. The van der Waals surface area contributed by atoms with Gasteiger partial charge in [0.15, 0.2) is 0 Å². The second kappa shape index (κ2) is 3.19. The van der Waals surface area contributed by atoms with Crippen molar-refractivity contribution < 1.29 is 0 Å². The number of rotatable bonds is 1. The van der Waals surface area contributed by atoms with E-state index in [4.69, 9.17) is 5.73 Å². The molecule has 0 bridgehead atoms. The maximum atomic E-state index is 5.57. The highest BCUT2D eigenvalue weighted by atomic mass is 14.7. The molecule has 0 unspecified atom stereocenters. The maximum absolute atomic E-state index is 5.57. The maximum Gasteiger partial charge on any atom is 0.0649 e. The summed E-state index contributed by atoms with van der Waals surface area (Å²) in [6, 6.07) is 3.63. The van der Waals surface area contributed by atoms with Crippen molar-refractivity contribution in [3.05, 3.63) is 29.6 Å². The van der Waals surface area contributed by atoms with Gasteiger partial charge in [-0.2, -0.15) is 0 Å². The summed E-state index contributed by atoms with van der Waals surface area (Å²) >= 11 is 0. The molecule has 1 aromatic rings. The molecule has 1 aromatic heterocycles. The van der Waals surface area contributed by atoms with Gasteiger partial charge in [0.05, 0.1) is 5.69 Å². The molecule has 0 aliphatic rings. The molecule has 0 aromatic carbocycles. The summed E-state index contributed by atoms with van der Waals surface area (Å²) in [6.07, 6.45) is 3.71. The average molecular weight is 148 g/mol. The zero-order chi connectivity index (χ0) is 8.27. The van der Waals surface area contributed by atoms with Crippen LogP contribution in [0.5, 0.6) is 0 Å². The summed E-state index contributed by atoms with van der Waals surface area (Å²) in [7, 11) is 0. The van der Waals surface area contributed by atoms with E-state index in [0.29, 0.717) is 0 Å². The Morgan fingerprint density at radius 3 is 2.82 bits per heavy atom. The first-order chi connectivity index (χ1) is 5.18. The summed E-state index contributed by atoms with van der Waals surface area (Å²) in [5.41, 5.74) is 8.47.